The maximum atomic E-state index is 12.6. The van der Waals surface area contributed by atoms with Crippen molar-refractivity contribution in [1.82, 2.24) is 20.0 Å². The third-order valence-corrected chi connectivity index (χ3v) is 6.47. The molecule has 3 aliphatic rings. The van der Waals surface area contributed by atoms with Gasteiger partial charge in [0.25, 0.3) is 0 Å². The molecule has 2 aromatic heterocycles. The van der Waals surface area contributed by atoms with Crippen molar-refractivity contribution >= 4 is 23.2 Å². The fourth-order valence-electron chi connectivity index (χ4n) is 4.18. The van der Waals surface area contributed by atoms with Crippen LogP contribution in [0.25, 0.3) is 5.52 Å². The Morgan fingerprint density at radius 1 is 1.43 bits per heavy atom. The molecule has 0 spiro atoms. The molecule has 3 fully saturated rings. The number of piperidine rings is 1. The van der Waals surface area contributed by atoms with E-state index < -0.39 is 0 Å². The van der Waals surface area contributed by atoms with Crippen LogP contribution in [0.3, 0.4) is 0 Å². The van der Waals surface area contributed by atoms with Crippen molar-refractivity contribution in [3.8, 4) is 0 Å². The third-order valence-electron chi connectivity index (χ3n) is 5.69. The average molecular weight is 328 g/mol. The Morgan fingerprint density at radius 3 is 2.91 bits per heavy atom. The quantitative estimate of drug-likeness (QED) is 0.838. The summed E-state index contributed by atoms with van der Waals surface area (Å²) >= 11 is 1.73. The van der Waals surface area contributed by atoms with E-state index in [4.69, 9.17) is 0 Å². The Hall–Kier alpha value is -1.53. The highest BCUT2D eigenvalue weighted by Gasteiger charge is 2.59. The van der Waals surface area contributed by atoms with Crippen LogP contribution in [-0.4, -0.2) is 34.6 Å². The van der Waals surface area contributed by atoms with Crippen LogP contribution < -0.4 is 10.6 Å². The van der Waals surface area contributed by atoms with Gasteiger partial charge in [-0.05, 0) is 56.2 Å². The molecule has 5 rings (SSSR count). The monoisotopic (exact) mass is 328 g/mol. The molecular weight excluding hydrogens is 308 g/mol. The maximum absolute atomic E-state index is 12.6. The summed E-state index contributed by atoms with van der Waals surface area (Å²) in [4.78, 5) is 18.5. The van der Waals surface area contributed by atoms with E-state index in [9.17, 15) is 4.79 Å². The van der Waals surface area contributed by atoms with Crippen LogP contribution in [0.2, 0.25) is 0 Å². The summed E-state index contributed by atoms with van der Waals surface area (Å²) in [7, 11) is 0. The number of imidazole rings is 1. The second kappa shape index (κ2) is 4.74. The van der Waals surface area contributed by atoms with Gasteiger partial charge in [0, 0.05) is 17.0 Å². The summed E-state index contributed by atoms with van der Waals surface area (Å²) in [5, 5.41) is 6.68. The van der Waals surface area contributed by atoms with Crippen molar-refractivity contribution in [3.63, 3.8) is 0 Å². The molecule has 120 valence electrons. The van der Waals surface area contributed by atoms with E-state index in [2.05, 4.69) is 44.6 Å². The van der Waals surface area contributed by atoms with E-state index in [1.54, 1.807) is 11.8 Å². The molecule has 1 aliphatic heterocycles. The van der Waals surface area contributed by atoms with E-state index in [0.717, 1.165) is 37.3 Å². The number of carbonyl (C=O) groups excluding carboxylic acids is 1. The molecule has 1 amide bonds. The molecule has 0 radical (unpaired) electrons. The first-order valence-corrected chi connectivity index (χ1v) is 9.49. The standard InChI is InChI=1S/C17H20N4OS/c1-23-13-3-2-6-21-12(13)9-19-16(21)17(4-5-17)20-15(22)14-10-7-18-8-11(10)14/h2-3,6,9-11,14,18H,4-5,7-8H2,1H3,(H,20,22)/t10-,11+,14?. The van der Waals surface area contributed by atoms with Crippen molar-refractivity contribution in [1.29, 1.82) is 0 Å². The molecule has 2 saturated carbocycles. The number of aromatic nitrogens is 2. The van der Waals surface area contributed by atoms with Crippen molar-refractivity contribution in [2.45, 2.75) is 23.3 Å². The van der Waals surface area contributed by atoms with E-state index in [1.165, 1.54) is 4.90 Å². The lowest BCUT2D eigenvalue weighted by Gasteiger charge is -2.17. The van der Waals surface area contributed by atoms with Crippen molar-refractivity contribution < 1.29 is 4.79 Å². The van der Waals surface area contributed by atoms with Gasteiger partial charge in [-0.3, -0.25) is 4.79 Å². The Labute approximate surface area is 139 Å². The Balaban J connectivity index is 1.44. The molecule has 23 heavy (non-hydrogen) atoms. The van der Waals surface area contributed by atoms with Crippen LogP contribution in [-0.2, 0) is 10.3 Å². The molecule has 0 bridgehead atoms. The van der Waals surface area contributed by atoms with Gasteiger partial charge in [0.2, 0.25) is 5.91 Å². The van der Waals surface area contributed by atoms with Crippen LogP contribution in [0.1, 0.15) is 18.7 Å². The number of rotatable bonds is 4. The van der Waals surface area contributed by atoms with E-state index in [-0.39, 0.29) is 17.4 Å². The van der Waals surface area contributed by atoms with Crippen molar-refractivity contribution in [2.24, 2.45) is 17.8 Å². The predicted molar refractivity (Wildman–Crippen MR) is 89.4 cm³/mol. The van der Waals surface area contributed by atoms with Crippen LogP contribution in [0.4, 0.5) is 0 Å². The highest BCUT2D eigenvalue weighted by molar-refractivity contribution is 7.98. The molecule has 2 N–H and O–H groups in total. The Kier molecular flexibility index (Phi) is 2.86. The number of amides is 1. The molecule has 6 heteroatoms. The first-order chi connectivity index (χ1) is 11.2. The predicted octanol–water partition coefficient (Wildman–Crippen LogP) is 1.63. The summed E-state index contributed by atoms with van der Waals surface area (Å²) in [6.45, 7) is 2.00. The van der Waals surface area contributed by atoms with Gasteiger partial charge in [-0.1, -0.05) is 0 Å². The van der Waals surface area contributed by atoms with Gasteiger partial charge in [-0.25, -0.2) is 4.98 Å². The zero-order valence-corrected chi connectivity index (χ0v) is 13.9. The van der Waals surface area contributed by atoms with Crippen molar-refractivity contribution in [2.75, 3.05) is 19.3 Å². The number of nitrogens with zero attached hydrogens (tertiary/aromatic N) is 2. The number of thioether (sulfide) groups is 1. The van der Waals surface area contributed by atoms with Gasteiger partial charge in [-0.15, -0.1) is 11.8 Å². The van der Waals surface area contributed by atoms with Crippen LogP contribution >= 0.6 is 11.8 Å². The fraction of sp³-hybridized carbons (Fsp3) is 0.529. The zero-order valence-electron chi connectivity index (χ0n) is 13.1. The van der Waals surface area contributed by atoms with Gasteiger partial charge in [0.1, 0.15) is 5.82 Å². The van der Waals surface area contributed by atoms with Crippen LogP contribution in [0.5, 0.6) is 0 Å². The van der Waals surface area contributed by atoms with Crippen LogP contribution in [0, 0.1) is 17.8 Å². The summed E-state index contributed by atoms with van der Waals surface area (Å²) in [5.41, 5.74) is 0.883. The topological polar surface area (TPSA) is 58.4 Å². The molecule has 1 unspecified atom stereocenters. The van der Waals surface area contributed by atoms with Gasteiger partial charge in [0.05, 0.1) is 17.3 Å². The lowest BCUT2D eigenvalue weighted by molar-refractivity contribution is -0.124. The second-order valence-electron chi connectivity index (χ2n) is 7.00. The number of hydrogen-bond acceptors (Lipinski definition) is 4. The minimum atomic E-state index is -0.245. The minimum absolute atomic E-state index is 0.224. The molecule has 3 atom stereocenters. The lowest BCUT2D eigenvalue weighted by atomic mass is 10.2. The number of carbonyl (C=O) groups is 1. The zero-order chi connectivity index (χ0) is 15.6. The number of pyridine rings is 1. The first-order valence-electron chi connectivity index (χ1n) is 8.27. The molecular formula is C17H20N4OS. The summed E-state index contributed by atoms with van der Waals surface area (Å²) < 4.78 is 2.15. The number of fused-ring (bicyclic) bond motifs is 2. The molecule has 1 saturated heterocycles. The van der Waals surface area contributed by atoms with Crippen molar-refractivity contribution in [3.05, 3.63) is 30.4 Å². The van der Waals surface area contributed by atoms with Gasteiger partial charge < -0.3 is 15.0 Å². The second-order valence-corrected chi connectivity index (χ2v) is 7.84. The minimum Gasteiger partial charge on any atom is -0.343 e. The molecule has 5 nitrogen and oxygen atoms in total. The SMILES string of the molecule is CSc1cccn2c(C3(NC(=O)C4[C@H]5CNC[C@@H]45)CC3)ncc12. The maximum Gasteiger partial charge on any atom is 0.224 e. The number of hydrogen-bond donors (Lipinski definition) is 2. The normalized spacial score (nSPS) is 30.2. The molecule has 0 aromatic carbocycles. The largest absolute Gasteiger partial charge is 0.343 e. The van der Waals surface area contributed by atoms with E-state index in [0.29, 0.717) is 11.8 Å². The molecule has 2 aliphatic carbocycles. The van der Waals surface area contributed by atoms with Crippen LogP contribution in [0.15, 0.2) is 29.4 Å². The Bertz CT molecular complexity index is 787. The van der Waals surface area contributed by atoms with E-state index in [1.807, 2.05) is 6.20 Å². The highest BCUT2D eigenvalue weighted by atomic mass is 32.2. The highest BCUT2D eigenvalue weighted by Crippen LogP contribution is 2.51. The molecule has 3 heterocycles. The van der Waals surface area contributed by atoms with Gasteiger partial charge in [-0.2, -0.15) is 0 Å². The first kappa shape index (κ1) is 13.9. The third kappa shape index (κ3) is 1.97. The fourth-order valence-corrected chi connectivity index (χ4v) is 4.75. The summed E-state index contributed by atoms with van der Waals surface area (Å²) in [5.74, 6) is 2.57. The Morgan fingerprint density at radius 2 is 2.22 bits per heavy atom. The smallest absolute Gasteiger partial charge is 0.224 e. The molecule has 2 aromatic rings. The average Bonchev–Trinajstić information content (AvgIpc) is 3.36. The summed E-state index contributed by atoms with van der Waals surface area (Å²) in [6, 6.07) is 4.17. The van der Waals surface area contributed by atoms with E-state index >= 15 is 0 Å². The summed E-state index contributed by atoms with van der Waals surface area (Å²) in [6.07, 6.45) is 8.04. The van der Waals surface area contributed by atoms with Gasteiger partial charge >= 0.3 is 0 Å². The lowest BCUT2D eigenvalue weighted by Crippen LogP contribution is -2.39. The number of nitrogens with one attached hydrogen (secondary N) is 2. The van der Waals surface area contributed by atoms with Gasteiger partial charge in [0.15, 0.2) is 0 Å².